The average Bonchev–Trinajstić information content (AvgIpc) is 3.41. The molecule has 0 aromatic heterocycles. The molecule has 2 N–H and O–H groups in total. The van der Waals surface area contributed by atoms with Crippen LogP contribution < -0.4 is 10.6 Å². The summed E-state index contributed by atoms with van der Waals surface area (Å²) in [6.45, 7) is 4.99. The van der Waals surface area contributed by atoms with Crippen molar-refractivity contribution in [3.05, 3.63) is 0 Å². The molecule has 2 atom stereocenters. The third-order valence-corrected chi connectivity index (χ3v) is 5.11. The molecule has 0 spiro atoms. The van der Waals surface area contributed by atoms with Crippen molar-refractivity contribution < 1.29 is 9.53 Å². The van der Waals surface area contributed by atoms with E-state index < -0.39 is 0 Å². The van der Waals surface area contributed by atoms with Crippen molar-refractivity contribution in [2.75, 3.05) is 40.4 Å². The van der Waals surface area contributed by atoms with E-state index >= 15 is 0 Å². The Morgan fingerprint density at radius 2 is 1.96 bits per heavy atom. The standard InChI is InChI=1S/C19H36N4O2/c1-15-7-4-5-8-17(15)22-19(21-13-18(24)23(2)3)20-11-6-12-25-14-16-9-10-16/h15-17H,4-14H2,1-3H3,(H2,20,21,22). The molecule has 0 radical (unpaired) electrons. The van der Waals surface area contributed by atoms with Crippen LogP contribution in [-0.4, -0.2) is 63.2 Å². The third-order valence-electron chi connectivity index (χ3n) is 5.11. The molecule has 2 aliphatic carbocycles. The summed E-state index contributed by atoms with van der Waals surface area (Å²) in [4.78, 5) is 17.9. The second-order valence-electron chi connectivity index (χ2n) is 7.76. The number of carbonyl (C=O) groups excluding carboxylic acids is 1. The minimum absolute atomic E-state index is 0.0190. The Balaban J connectivity index is 1.75. The van der Waals surface area contributed by atoms with E-state index in [1.54, 1.807) is 19.0 Å². The molecule has 0 aromatic rings. The lowest BCUT2D eigenvalue weighted by Crippen LogP contribution is -2.48. The minimum atomic E-state index is 0.0190. The Morgan fingerprint density at radius 1 is 1.20 bits per heavy atom. The maximum absolute atomic E-state index is 11.8. The Bertz CT molecular complexity index is 435. The summed E-state index contributed by atoms with van der Waals surface area (Å²) >= 11 is 0. The normalized spacial score (nSPS) is 24.0. The predicted molar refractivity (Wildman–Crippen MR) is 102 cm³/mol. The largest absolute Gasteiger partial charge is 0.381 e. The van der Waals surface area contributed by atoms with Gasteiger partial charge in [0.15, 0.2) is 5.96 Å². The lowest BCUT2D eigenvalue weighted by molar-refractivity contribution is -0.127. The predicted octanol–water partition coefficient (Wildman–Crippen LogP) is 2.01. The topological polar surface area (TPSA) is 66.0 Å². The van der Waals surface area contributed by atoms with Crippen molar-refractivity contribution in [1.29, 1.82) is 0 Å². The number of guanidine groups is 1. The number of hydrogen-bond acceptors (Lipinski definition) is 3. The lowest BCUT2D eigenvalue weighted by atomic mass is 9.86. The fourth-order valence-corrected chi connectivity index (χ4v) is 3.06. The van der Waals surface area contributed by atoms with Crippen LogP contribution in [0.5, 0.6) is 0 Å². The summed E-state index contributed by atoms with van der Waals surface area (Å²) in [7, 11) is 3.53. The Morgan fingerprint density at radius 3 is 2.64 bits per heavy atom. The van der Waals surface area contributed by atoms with E-state index in [0.29, 0.717) is 12.0 Å². The first kappa shape index (κ1) is 20.0. The number of hydrogen-bond donors (Lipinski definition) is 2. The number of rotatable bonds is 9. The van der Waals surface area contributed by atoms with Gasteiger partial charge in [-0.3, -0.25) is 4.79 Å². The molecule has 144 valence electrons. The van der Waals surface area contributed by atoms with Crippen molar-refractivity contribution in [3.63, 3.8) is 0 Å². The van der Waals surface area contributed by atoms with Gasteiger partial charge in [0, 0.05) is 39.9 Å². The first-order valence-corrected chi connectivity index (χ1v) is 9.89. The van der Waals surface area contributed by atoms with Crippen molar-refractivity contribution >= 4 is 11.9 Å². The van der Waals surface area contributed by atoms with E-state index in [4.69, 9.17) is 4.74 Å². The van der Waals surface area contributed by atoms with Crippen LogP contribution in [0.15, 0.2) is 4.99 Å². The first-order valence-electron chi connectivity index (χ1n) is 9.89. The van der Waals surface area contributed by atoms with Crippen LogP contribution in [0.1, 0.15) is 51.9 Å². The quantitative estimate of drug-likeness (QED) is 0.378. The Kier molecular flexibility index (Phi) is 8.52. The molecule has 0 bridgehead atoms. The van der Waals surface area contributed by atoms with Gasteiger partial charge in [-0.05, 0) is 43.9 Å². The highest BCUT2D eigenvalue weighted by Gasteiger charge is 2.22. The molecular formula is C19H36N4O2. The van der Waals surface area contributed by atoms with Crippen LogP contribution in [0.2, 0.25) is 0 Å². The zero-order chi connectivity index (χ0) is 18.1. The van der Waals surface area contributed by atoms with E-state index in [-0.39, 0.29) is 12.5 Å². The molecule has 6 heteroatoms. The molecule has 25 heavy (non-hydrogen) atoms. The third kappa shape index (κ3) is 8.08. The molecule has 0 aromatic carbocycles. The Labute approximate surface area is 152 Å². The Hall–Kier alpha value is -1.30. The molecule has 1 amide bonds. The van der Waals surface area contributed by atoms with E-state index in [9.17, 15) is 4.79 Å². The summed E-state index contributed by atoms with van der Waals surface area (Å²) in [5.41, 5.74) is 0. The van der Waals surface area contributed by atoms with Crippen LogP contribution in [-0.2, 0) is 9.53 Å². The molecule has 2 unspecified atom stereocenters. The molecule has 6 nitrogen and oxygen atoms in total. The number of nitrogens with zero attached hydrogens (tertiary/aromatic N) is 2. The van der Waals surface area contributed by atoms with Gasteiger partial charge in [-0.2, -0.15) is 0 Å². The van der Waals surface area contributed by atoms with Gasteiger partial charge in [0.1, 0.15) is 6.54 Å². The van der Waals surface area contributed by atoms with E-state index in [1.165, 1.54) is 38.5 Å². The number of carbonyl (C=O) groups is 1. The fourth-order valence-electron chi connectivity index (χ4n) is 3.06. The summed E-state index contributed by atoms with van der Waals surface area (Å²) in [5, 5.41) is 6.92. The monoisotopic (exact) mass is 352 g/mol. The summed E-state index contributed by atoms with van der Waals surface area (Å²) in [6, 6.07) is 0.445. The molecule has 2 saturated carbocycles. The van der Waals surface area contributed by atoms with Crippen molar-refractivity contribution in [2.45, 2.75) is 57.9 Å². The fraction of sp³-hybridized carbons (Fsp3) is 0.895. The van der Waals surface area contributed by atoms with Crippen LogP contribution >= 0.6 is 0 Å². The highest BCUT2D eigenvalue weighted by Crippen LogP contribution is 2.28. The number of nitrogens with one attached hydrogen (secondary N) is 2. The van der Waals surface area contributed by atoms with E-state index in [2.05, 4.69) is 22.5 Å². The van der Waals surface area contributed by atoms with E-state index in [0.717, 1.165) is 38.1 Å². The molecule has 2 aliphatic rings. The van der Waals surface area contributed by atoms with Gasteiger partial charge < -0.3 is 20.3 Å². The van der Waals surface area contributed by atoms with Gasteiger partial charge in [0.2, 0.25) is 5.91 Å². The van der Waals surface area contributed by atoms with Crippen LogP contribution in [0.25, 0.3) is 0 Å². The van der Waals surface area contributed by atoms with Gasteiger partial charge >= 0.3 is 0 Å². The van der Waals surface area contributed by atoms with Gasteiger partial charge in [0.25, 0.3) is 0 Å². The van der Waals surface area contributed by atoms with Gasteiger partial charge in [-0.1, -0.05) is 19.8 Å². The number of amides is 1. The minimum Gasteiger partial charge on any atom is -0.381 e. The first-order chi connectivity index (χ1) is 12.1. The smallest absolute Gasteiger partial charge is 0.243 e. The SMILES string of the molecule is CC1CCCCC1NC(=NCC(=O)N(C)C)NCCCOCC1CC1. The number of ether oxygens (including phenoxy) is 1. The molecule has 0 saturated heterocycles. The maximum atomic E-state index is 11.8. The number of aliphatic imine (C=N–C) groups is 1. The van der Waals surface area contributed by atoms with Crippen molar-refractivity contribution in [2.24, 2.45) is 16.8 Å². The molecular weight excluding hydrogens is 316 g/mol. The van der Waals surface area contributed by atoms with Gasteiger partial charge in [-0.15, -0.1) is 0 Å². The molecule has 2 fully saturated rings. The van der Waals surface area contributed by atoms with Crippen molar-refractivity contribution in [1.82, 2.24) is 15.5 Å². The zero-order valence-electron chi connectivity index (χ0n) is 16.2. The second-order valence-corrected chi connectivity index (χ2v) is 7.76. The maximum Gasteiger partial charge on any atom is 0.243 e. The molecule has 0 heterocycles. The zero-order valence-corrected chi connectivity index (χ0v) is 16.2. The highest BCUT2D eigenvalue weighted by atomic mass is 16.5. The number of likely N-dealkylation sites (N-methyl/N-ethyl adjacent to an activating group) is 1. The lowest BCUT2D eigenvalue weighted by Gasteiger charge is -2.31. The van der Waals surface area contributed by atoms with Crippen LogP contribution in [0.3, 0.4) is 0 Å². The molecule has 0 aliphatic heterocycles. The van der Waals surface area contributed by atoms with Gasteiger partial charge in [-0.25, -0.2) is 4.99 Å². The van der Waals surface area contributed by atoms with Crippen molar-refractivity contribution in [3.8, 4) is 0 Å². The second kappa shape index (κ2) is 10.6. The van der Waals surface area contributed by atoms with E-state index in [1.807, 2.05) is 0 Å². The van der Waals surface area contributed by atoms with Crippen LogP contribution in [0.4, 0.5) is 0 Å². The highest BCUT2D eigenvalue weighted by molar-refractivity contribution is 5.84. The average molecular weight is 353 g/mol. The van der Waals surface area contributed by atoms with Crippen LogP contribution in [0, 0.1) is 11.8 Å². The molecule has 2 rings (SSSR count). The summed E-state index contributed by atoms with van der Waals surface area (Å²) in [6.07, 6.45) is 8.63. The van der Waals surface area contributed by atoms with Gasteiger partial charge in [0.05, 0.1) is 0 Å². The summed E-state index contributed by atoms with van der Waals surface area (Å²) < 4.78 is 5.68. The summed E-state index contributed by atoms with van der Waals surface area (Å²) in [5.74, 6) is 2.24.